The second-order valence-electron chi connectivity index (χ2n) is 3.87. The van der Waals surface area contributed by atoms with Crippen LogP contribution in [0.25, 0.3) is 0 Å². The summed E-state index contributed by atoms with van der Waals surface area (Å²) in [5, 5.41) is 3.13. The Morgan fingerprint density at radius 3 is 2.79 bits per heavy atom. The Bertz CT molecular complexity index is 647. The lowest BCUT2D eigenvalue weighted by Crippen LogP contribution is -2.14. The Balaban J connectivity index is 2.28. The van der Waals surface area contributed by atoms with E-state index in [4.69, 9.17) is 11.6 Å². The fraction of sp³-hybridized carbons (Fsp3) is 0.0769. The van der Waals surface area contributed by atoms with Gasteiger partial charge >= 0.3 is 0 Å². The molecule has 0 aliphatic rings. The smallest absolute Gasteiger partial charge is 0.258 e. The highest BCUT2D eigenvalue weighted by atomic mass is 79.9. The summed E-state index contributed by atoms with van der Waals surface area (Å²) in [6, 6.07) is 7.08. The second-order valence-corrected chi connectivity index (χ2v) is 6.02. The molecular formula is C13H9Br2ClN2O. The molecule has 19 heavy (non-hydrogen) atoms. The number of aryl methyl sites for hydroxylation is 1. The van der Waals surface area contributed by atoms with E-state index in [-0.39, 0.29) is 5.91 Å². The van der Waals surface area contributed by atoms with Crippen LogP contribution in [0.3, 0.4) is 0 Å². The van der Waals surface area contributed by atoms with Crippen molar-refractivity contribution in [3.63, 3.8) is 0 Å². The molecule has 0 spiro atoms. The third-order valence-corrected chi connectivity index (χ3v) is 4.20. The summed E-state index contributed by atoms with van der Waals surface area (Å²) in [6.07, 6.45) is 1.63. The van der Waals surface area contributed by atoms with Gasteiger partial charge in [-0.3, -0.25) is 4.79 Å². The van der Waals surface area contributed by atoms with E-state index in [9.17, 15) is 4.79 Å². The molecule has 0 atom stereocenters. The number of halogens is 3. The predicted octanol–water partition coefficient (Wildman–Crippen LogP) is 4.82. The number of pyridine rings is 1. The average molecular weight is 404 g/mol. The van der Waals surface area contributed by atoms with E-state index in [0.29, 0.717) is 20.9 Å². The average Bonchev–Trinajstić information content (AvgIpc) is 2.36. The maximum atomic E-state index is 12.2. The summed E-state index contributed by atoms with van der Waals surface area (Å²) < 4.78 is 1.55. The lowest BCUT2D eigenvalue weighted by Gasteiger charge is -2.09. The van der Waals surface area contributed by atoms with Gasteiger partial charge in [0.25, 0.3) is 5.91 Å². The van der Waals surface area contributed by atoms with E-state index in [0.717, 1.165) is 10.0 Å². The van der Waals surface area contributed by atoms with Crippen molar-refractivity contribution in [1.29, 1.82) is 0 Å². The van der Waals surface area contributed by atoms with E-state index in [1.807, 2.05) is 13.0 Å². The van der Waals surface area contributed by atoms with Crippen LogP contribution in [0.1, 0.15) is 15.9 Å². The van der Waals surface area contributed by atoms with Crippen molar-refractivity contribution < 1.29 is 4.79 Å². The van der Waals surface area contributed by atoms with Crippen LogP contribution in [-0.2, 0) is 0 Å². The van der Waals surface area contributed by atoms with Gasteiger partial charge in [0.05, 0.1) is 10.6 Å². The molecule has 0 saturated carbocycles. The zero-order valence-electron chi connectivity index (χ0n) is 9.88. The van der Waals surface area contributed by atoms with Crippen LogP contribution in [0.4, 0.5) is 5.82 Å². The minimum absolute atomic E-state index is 0.288. The van der Waals surface area contributed by atoms with Crippen molar-refractivity contribution in [2.45, 2.75) is 6.92 Å². The van der Waals surface area contributed by atoms with E-state index in [1.165, 1.54) is 0 Å². The molecule has 0 radical (unpaired) electrons. The highest BCUT2D eigenvalue weighted by molar-refractivity contribution is 9.10. The van der Waals surface area contributed by atoms with Gasteiger partial charge in [0.2, 0.25) is 0 Å². The molecule has 2 aromatic rings. The lowest BCUT2D eigenvalue weighted by molar-refractivity contribution is 0.102. The number of hydrogen-bond acceptors (Lipinski definition) is 2. The topological polar surface area (TPSA) is 42.0 Å². The first-order valence-corrected chi connectivity index (χ1v) is 7.33. The molecule has 98 valence electrons. The van der Waals surface area contributed by atoms with Crippen molar-refractivity contribution in [1.82, 2.24) is 4.98 Å². The normalized spacial score (nSPS) is 10.3. The Morgan fingerprint density at radius 2 is 2.11 bits per heavy atom. The van der Waals surface area contributed by atoms with Gasteiger partial charge in [-0.2, -0.15) is 0 Å². The van der Waals surface area contributed by atoms with Gasteiger partial charge in [-0.15, -0.1) is 0 Å². The van der Waals surface area contributed by atoms with Gasteiger partial charge in [0.1, 0.15) is 5.82 Å². The van der Waals surface area contributed by atoms with Crippen molar-refractivity contribution in [2.75, 3.05) is 5.32 Å². The third kappa shape index (κ3) is 3.35. The van der Waals surface area contributed by atoms with Crippen LogP contribution in [0.5, 0.6) is 0 Å². The summed E-state index contributed by atoms with van der Waals surface area (Å²) in [4.78, 5) is 16.3. The number of anilines is 1. The van der Waals surface area contributed by atoms with Gasteiger partial charge in [0, 0.05) is 15.1 Å². The molecule has 6 heteroatoms. The fourth-order valence-corrected chi connectivity index (χ4v) is 2.55. The molecule has 1 heterocycles. The van der Waals surface area contributed by atoms with Crippen LogP contribution in [0, 0.1) is 6.92 Å². The Morgan fingerprint density at radius 1 is 1.37 bits per heavy atom. The summed E-state index contributed by atoms with van der Waals surface area (Å²) >= 11 is 12.7. The summed E-state index contributed by atoms with van der Waals surface area (Å²) in [6.45, 7) is 1.87. The number of carbonyl (C=O) groups excluding carboxylic acids is 1. The first-order valence-electron chi connectivity index (χ1n) is 5.36. The van der Waals surface area contributed by atoms with Gasteiger partial charge in [-0.25, -0.2) is 4.98 Å². The zero-order valence-corrected chi connectivity index (χ0v) is 13.8. The molecule has 0 aliphatic heterocycles. The summed E-state index contributed by atoms with van der Waals surface area (Å²) in [5.41, 5.74) is 1.27. The molecule has 2 rings (SSSR count). The second kappa shape index (κ2) is 6.03. The van der Waals surface area contributed by atoms with E-state index >= 15 is 0 Å². The highest BCUT2D eigenvalue weighted by Crippen LogP contribution is 2.27. The minimum atomic E-state index is -0.288. The summed E-state index contributed by atoms with van der Waals surface area (Å²) in [7, 11) is 0. The molecule has 0 bridgehead atoms. The quantitative estimate of drug-likeness (QED) is 0.780. The number of amides is 1. The molecule has 0 unspecified atom stereocenters. The van der Waals surface area contributed by atoms with Crippen molar-refractivity contribution in [3.8, 4) is 0 Å². The summed E-state index contributed by atoms with van der Waals surface area (Å²) in [5.74, 6) is 0.230. The third-order valence-electron chi connectivity index (χ3n) is 2.47. The SMILES string of the molecule is Cc1cc(Br)cnc1NC(=O)c1cccc(Br)c1Cl. The number of carbonyl (C=O) groups is 1. The Hall–Kier alpha value is -0.910. The standard InChI is InChI=1S/C13H9Br2ClN2O/c1-7-5-8(14)6-17-12(7)18-13(19)9-3-2-4-10(15)11(9)16/h2-6H,1H3,(H,17,18,19). The lowest BCUT2D eigenvalue weighted by atomic mass is 10.2. The van der Waals surface area contributed by atoms with Crippen LogP contribution in [-0.4, -0.2) is 10.9 Å². The maximum absolute atomic E-state index is 12.2. The van der Waals surface area contributed by atoms with Gasteiger partial charge < -0.3 is 5.32 Å². The number of hydrogen-bond donors (Lipinski definition) is 1. The predicted molar refractivity (Wildman–Crippen MR) is 83.8 cm³/mol. The number of nitrogens with one attached hydrogen (secondary N) is 1. The largest absolute Gasteiger partial charge is 0.306 e. The van der Waals surface area contributed by atoms with Crippen molar-refractivity contribution >= 4 is 55.2 Å². The Kier molecular flexibility index (Phi) is 4.60. The number of benzene rings is 1. The molecule has 0 saturated heterocycles. The monoisotopic (exact) mass is 402 g/mol. The zero-order chi connectivity index (χ0) is 14.0. The molecule has 0 aliphatic carbocycles. The minimum Gasteiger partial charge on any atom is -0.306 e. The van der Waals surface area contributed by atoms with Gasteiger partial charge in [-0.1, -0.05) is 17.7 Å². The molecule has 0 fully saturated rings. The van der Waals surface area contributed by atoms with Crippen LogP contribution in [0.15, 0.2) is 39.4 Å². The van der Waals surface area contributed by atoms with Crippen molar-refractivity contribution in [3.05, 3.63) is 55.6 Å². The van der Waals surface area contributed by atoms with Crippen LogP contribution < -0.4 is 5.32 Å². The molecule has 1 amide bonds. The van der Waals surface area contributed by atoms with E-state index in [1.54, 1.807) is 24.4 Å². The van der Waals surface area contributed by atoms with E-state index < -0.39 is 0 Å². The molecule has 1 aromatic heterocycles. The molecular weight excluding hydrogens is 395 g/mol. The molecule has 3 nitrogen and oxygen atoms in total. The number of rotatable bonds is 2. The number of nitrogens with zero attached hydrogens (tertiary/aromatic N) is 1. The van der Waals surface area contributed by atoms with Crippen LogP contribution in [0.2, 0.25) is 5.02 Å². The van der Waals surface area contributed by atoms with Crippen molar-refractivity contribution in [2.24, 2.45) is 0 Å². The van der Waals surface area contributed by atoms with Crippen LogP contribution >= 0.6 is 43.5 Å². The number of aromatic nitrogens is 1. The van der Waals surface area contributed by atoms with E-state index in [2.05, 4.69) is 42.2 Å². The highest BCUT2D eigenvalue weighted by Gasteiger charge is 2.14. The first-order chi connectivity index (χ1) is 8.99. The molecule has 1 N–H and O–H groups in total. The van der Waals surface area contributed by atoms with Gasteiger partial charge in [-0.05, 0) is 62.5 Å². The molecule has 1 aromatic carbocycles. The van der Waals surface area contributed by atoms with Gasteiger partial charge in [0.15, 0.2) is 0 Å². The Labute approximate surface area is 132 Å². The fourth-order valence-electron chi connectivity index (χ4n) is 1.53. The maximum Gasteiger partial charge on any atom is 0.258 e. The first kappa shape index (κ1) is 14.5.